The molecule has 2 aliphatic rings. The van der Waals surface area contributed by atoms with Gasteiger partial charge in [-0.2, -0.15) is 0 Å². The highest BCUT2D eigenvalue weighted by atomic mass is 32.2. The summed E-state index contributed by atoms with van der Waals surface area (Å²) in [6, 6.07) is 16.2. The number of halogens is 1. The van der Waals surface area contributed by atoms with Crippen LogP contribution in [0.15, 0.2) is 77.7 Å². The van der Waals surface area contributed by atoms with Gasteiger partial charge in [-0.15, -0.1) is 0 Å². The van der Waals surface area contributed by atoms with Crippen LogP contribution in [0.4, 0.5) is 15.8 Å². The molecule has 34 heavy (non-hydrogen) atoms. The summed E-state index contributed by atoms with van der Waals surface area (Å²) in [5, 5.41) is 3.61. The summed E-state index contributed by atoms with van der Waals surface area (Å²) in [6.07, 6.45) is 5.14. The Bertz CT molecular complexity index is 1360. The molecular formula is C26H25FN2O4S. The van der Waals surface area contributed by atoms with Crippen molar-refractivity contribution in [2.75, 3.05) is 24.3 Å². The van der Waals surface area contributed by atoms with Gasteiger partial charge in [0.15, 0.2) is 11.5 Å². The molecule has 6 nitrogen and oxygen atoms in total. The number of methoxy groups -OCH3 is 2. The number of fused-ring (bicyclic) bond motifs is 3. The fourth-order valence-corrected chi connectivity index (χ4v) is 6.03. The van der Waals surface area contributed by atoms with E-state index in [9.17, 15) is 12.8 Å². The third-order valence-corrected chi connectivity index (χ3v) is 7.89. The van der Waals surface area contributed by atoms with Crippen LogP contribution >= 0.6 is 0 Å². The SMILES string of the molecule is COc1cccc([C@@H]2Nc3ccc(S(=O)(=O)Nc4ccc(F)cc4)cc3[C@H]3C=CC[C@H]32)c1OC. The second-order valence-corrected chi connectivity index (χ2v) is 10.1. The van der Waals surface area contributed by atoms with Crippen LogP contribution in [0.3, 0.4) is 0 Å². The predicted molar refractivity (Wildman–Crippen MR) is 130 cm³/mol. The molecule has 2 N–H and O–H groups in total. The van der Waals surface area contributed by atoms with Crippen LogP contribution in [0.2, 0.25) is 0 Å². The van der Waals surface area contributed by atoms with Crippen molar-refractivity contribution in [1.82, 2.24) is 0 Å². The minimum absolute atomic E-state index is 0.0302. The number of para-hydroxylation sites is 1. The molecule has 0 bridgehead atoms. The summed E-state index contributed by atoms with van der Waals surface area (Å²) >= 11 is 0. The number of allylic oxidation sites excluding steroid dienone is 2. The fraction of sp³-hybridized carbons (Fsp3) is 0.231. The molecule has 0 aromatic heterocycles. The first-order chi connectivity index (χ1) is 16.4. The van der Waals surface area contributed by atoms with E-state index >= 15 is 0 Å². The Morgan fingerprint density at radius 3 is 2.53 bits per heavy atom. The number of nitrogens with one attached hydrogen (secondary N) is 2. The summed E-state index contributed by atoms with van der Waals surface area (Å²) in [6.45, 7) is 0. The molecule has 5 rings (SSSR count). The average molecular weight is 481 g/mol. The molecule has 0 saturated carbocycles. The lowest BCUT2D eigenvalue weighted by Crippen LogP contribution is -2.29. The van der Waals surface area contributed by atoms with Gasteiger partial charge < -0.3 is 14.8 Å². The van der Waals surface area contributed by atoms with Crippen LogP contribution < -0.4 is 19.5 Å². The highest BCUT2D eigenvalue weighted by Gasteiger charge is 2.40. The zero-order chi connectivity index (χ0) is 23.9. The van der Waals surface area contributed by atoms with Gasteiger partial charge in [-0.3, -0.25) is 4.72 Å². The third-order valence-electron chi connectivity index (χ3n) is 6.51. The molecule has 1 aliphatic heterocycles. The molecule has 3 atom stereocenters. The first kappa shape index (κ1) is 22.3. The van der Waals surface area contributed by atoms with Gasteiger partial charge in [-0.05, 0) is 66.4 Å². The molecule has 0 radical (unpaired) electrons. The Labute approximate surface area is 198 Å². The molecular weight excluding hydrogens is 455 g/mol. The Balaban J connectivity index is 1.50. The largest absolute Gasteiger partial charge is 0.493 e. The van der Waals surface area contributed by atoms with Crippen molar-refractivity contribution < 1.29 is 22.3 Å². The molecule has 1 heterocycles. The number of rotatable bonds is 6. The minimum atomic E-state index is -3.83. The zero-order valence-corrected chi connectivity index (χ0v) is 19.6. The van der Waals surface area contributed by atoms with Crippen LogP contribution in [0.25, 0.3) is 0 Å². The van der Waals surface area contributed by atoms with E-state index < -0.39 is 15.8 Å². The lowest BCUT2D eigenvalue weighted by molar-refractivity contribution is 0.341. The Hall–Kier alpha value is -3.52. The highest BCUT2D eigenvalue weighted by molar-refractivity contribution is 7.92. The lowest BCUT2D eigenvalue weighted by atomic mass is 9.77. The summed E-state index contributed by atoms with van der Waals surface area (Å²) in [5.41, 5.74) is 3.11. The van der Waals surface area contributed by atoms with Crippen LogP contribution in [-0.4, -0.2) is 22.6 Å². The van der Waals surface area contributed by atoms with Crippen molar-refractivity contribution in [3.63, 3.8) is 0 Å². The summed E-state index contributed by atoms with van der Waals surface area (Å²) < 4.78 is 53.0. The topological polar surface area (TPSA) is 76.7 Å². The number of ether oxygens (including phenoxy) is 2. The van der Waals surface area contributed by atoms with Crippen LogP contribution in [0.5, 0.6) is 11.5 Å². The van der Waals surface area contributed by atoms with Crippen molar-refractivity contribution >= 4 is 21.4 Å². The molecule has 0 fully saturated rings. The standard InChI is InChI=1S/C26H25FN2O4S/c1-32-24-8-4-7-21(26(24)33-2)25-20-6-3-5-19(20)22-15-18(13-14-23(22)28-25)34(30,31)29-17-11-9-16(27)10-12-17/h3-5,7-15,19-20,25,28-29H,6H2,1-2H3/t19-,20+,25+/m0/s1. The van der Waals surface area contributed by atoms with E-state index in [1.807, 2.05) is 18.2 Å². The number of hydrogen-bond donors (Lipinski definition) is 2. The first-order valence-corrected chi connectivity index (χ1v) is 12.5. The predicted octanol–water partition coefficient (Wildman–Crippen LogP) is 5.47. The summed E-state index contributed by atoms with van der Waals surface area (Å²) in [7, 11) is -0.584. The van der Waals surface area contributed by atoms with E-state index in [2.05, 4.69) is 22.2 Å². The molecule has 8 heteroatoms. The van der Waals surface area contributed by atoms with Gasteiger partial charge in [0.25, 0.3) is 10.0 Å². The second kappa shape index (κ2) is 8.68. The number of anilines is 2. The maximum atomic E-state index is 13.2. The van der Waals surface area contributed by atoms with E-state index in [0.29, 0.717) is 17.2 Å². The Morgan fingerprint density at radius 1 is 1.00 bits per heavy atom. The molecule has 176 valence electrons. The van der Waals surface area contributed by atoms with Crippen LogP contribution in [-0.2, 0) is 10.0 Å². The van der Waals surface area contributed by atoms with E-state index in [0.717, 1.165) is 23.2 Å². The molecule has 3 aromatic rings. The number of benzene rings is 3. The fourth-order valence-electron chi connectivity index (χ4n) is 4.94. The maximum Gasteiger partial charge on any atom is 0.261 e. The quantitative estimate of drug-likeness (QED) is 0.458. The van der Waals surface area contributed by atoms with Crippen molar-refractivity contribution in [2.24, 2.45) is 5.92 Å². The van der Waals surface area contributed by atoms with Gasteiger partial charge >= 0.3 is 0 Å². The highest BCUT2D eigenvalue weighted by Crippen LogP contribution is 2.52. The Morgan fingerprint density at radius 2 is 1.79 bits per heavy atom. The van der Waals surface area contributed by atoms with Crippen molar-refractivity contribution in [3.05, 3.63) is 89.8 Å². The summed E-state index contributed by atoms with van der Waals surface area (Å²) in [5.74, 6) is 1.18. The number of hydrogen-bond acceptors (Lipinski definition) is 5. The van der Waals surface area contributed by atoms with Gasteiger partial charge in [0, 0.05) is 22.9 Å². The molecule has 1 aliphatic carbocycles. The zero-order valence-electron chi connectivity index (χ0n) is 18.8. The van der Waals surface area contributed by atoms with Gasteiger partial charge in [0.05, 0.1) is 25.2 Å². The van der Waals surface area contributed by atoms with E-state index in [-0.39, 0.29) is 22.8 Å². The molecule has 3 aromatic carbocycles. The first-order valence-electron chi connectivity index (χ1n) is 11.0. The smallest absolute Gasteiger partial charge is 0.261 e. The van der Waals surface area contributed by atoms with Crippen molar-refractivity contribution in [3.8, 4) is 11.5 Å². The van der Waals surface area contributed by atoms with E-state index in [4.69, 9.17) is 9.47 Å². The van der Waals surface area contributed by atoms with Gasteiger partial charge in [0.2, 0.25) is 0 Å². The number of sulfonamides is 1. The average Bonchev–Trinajstić information content (AvgIpc) is 3.34. The second-order valence-electron chi connectivity index (χ2n) is 8.42. The Kier molecular flexibility index (Phi) is 5.69. The minimum Gasteiger partial charge on any atom is -0.493 e. The third kappa shape index (κ3) is 3.88. The van der Waals surface area contributed by atoms with E-state index in [1.54, 1.807) is 32.4 Å². The molecule has 0 unspecified atom stereocenters. The van der Waals surface area contributed by atoms with Crippen LogP contribution in [0.1, 0.15) is 29.5 Å². The normalized spacial score (nSPS) is 20.7. The van der Waals surface area contributed by atoms with Gasteiger partial charge in [0.1, 0.15) is 5.82 Å². The van der Waals surface area contributed by atoms with Crippen LogP contribution in [0, 0.1) is 11.7 Å². The maximum absolute atomic E-state index is 13.2. The van der Waals surface area contributed by atoms with Crippen molar-refractivity contribution in [1.29, 1.82) is 0 Å². The van der Waals surface area contributed by atoms with E-state index in [1.165, 1.54) is 24.3 Å². The monoisotopic (exact) mass is 480 g/mol. The summed E-state index contributed by atoms with van der Waals surface area (Å²) in [4.78, 5) is 0.161. The van der Waals surface area contributed by atoms with Gasteiger partial charge in [-0.1, -0.05) is 24.3 Å². The molecule has 0 amide bonds. The van der Waals surface area contributed by atoms with Crippen molar-refractivity contribution in [2.45, 2.75) is 23.3 Å². The van der Waals surface area contributed by atoms with Gasteiger partial charge in [-0.25, -0.2) is 12.8 Å². The molecule has 0 spiro atoms. The lowest BCUT2D eigenvalue weighted by Gasteiger charge is -2.38. The molecule has 0 saturated heterocycles.